The minimum absolute atomic E-state index is 0.205. The maximum absolute atomic E-state index is 15.0. The second-order valence-corrected chi connectivity index (χ2v) is 13.1. The van der Waals surface area contributed by atoms with E-state index in [1.807, 2.05) is 0 Å². The van der Waals surface area contributed by atoms with Crippen LogP contribution in [-0.2, 0) is 14.3 Å². The number of nitro groups is 1. The Balaban J connectivity index is 2.89. The van der Waals surface area contributed by atoms with Crippen molar-refractivity contribution in [2.24, 2.45) is 11.1 Å². The average molecular weight is 622 g/mol. The summed E-state index contributed by atoms with van der Waals surface area (Å²) in [5, 5.41) is 21.5. The molecule has 0 spiro atoms. The number of aromatic nitrogens is 1. The molecule has 1 aromatic carbocycles. The summed E-state index contributed by atoms with van der Waals surface area (Å²) in [6.07, 6.45) is -0.479. The van der Waals surface area contributed by atoms with Gasteiger partial charge in [-0.2, -0.15) is 0 Å². The molecule has 0 aliphatic rings. The summed E-state index contributed by atoms with van der Waals surface area (Å²) in [4.78, 5) is 54.4. The molecule has 0 bridgehead atoms. The van der Waals surface area contributed by atoms with Gasteiger partial charge in [-0.1, -0.05) is 20.8 Å². The first-order valence-electron chi connectivity index (χ1n) is 13.5. The van der Waals surface area contributed by atoms with Crippen LogP contribution in [-0.4, -0.2) is 61.7 Å². The van der Waals surface area contributed by atoms with Crippen molar-refractivity contribution in [3.05, 3.63) is 51.6 Å². The maximum atomic E-state index is 15.0. The Labute approximate surface area is 254 Å². The number of carboxylic acid groups (broad SMARTS) is 1. The van der Waals surface area contributed by atoms with Crippen molar-refractivity contribution in [2.75, 3.05) is 12.3 Å². The summed E-state index contributed by atoms with van der Waals surface area (Å²) in [6, 6.07) is -0.196. The minimum atomic E-state index is -1.53. The van der Waals surface area contributed by atoms with Crippen LogP contribution >= 0.6 is 0 Å². The van der Waals surface area contributed by atoms with Crippen molar-refractivity contribution in [1.29, 1.82) is 0 Å². The summed E-state index contributed by atoms with van der Waals surface area (Å²) in [6.45, 7) is 14.0. The highest BCUT2D eigenvalue weighted by atomic mass is 19.1. The second-order valence-electron chi connectivity index (χ2n) is 13.1. The first-order chi connectivity index (χ1) is 19.9. The maximum Gasteiger partial charge on any atom is 0.407 e. The van der Waals surface area contributed by atoms with E-state index < -0.39 is 81.1 Å². The smallest absolute Gasteiger partial charge is 0.407 e. The lowest BCUT2D eigenvalue weighted by atomic mass is 9.79. The van der Waals surface area contributed by atoms with E-state index in [0.29, 0.717) is 6.07 Å². The van der Waals surface area contributed by atoms with Crippen molar-refractivity contribution >= 4 is 29.4 Å². The number of halogens is 1. The van der Waals surface area contributed by atoms with Crippen LogP contribution in [0.4, 0.5) is 20.6 Å². The molecule has 0 fully saturated rings. The highest BCUT2D eigenvalue weighted by Gasteiger charge is 2.43. The van der Waals surface area contributed by atoms with Gasteiger partial charge in [0.2, 0.25) is 0 Å². The number of rotatable bonds is 9. The molecule has 0 aliphatic carbocycles. The lowest BCUT2D eigenvalue weighted by Crippen LogP contribution is -2.50. The number of hydrogen-bond donors (Lipinski definition) is 3. The fourth-order valence-corrected chi connectivity index (χ4v) is 4.19. The highest BCUT2D eigenvalue weighted by molar-refractivity contribution is 5.91. The third kappa shape index (κ3) is 9.23. The van der Waals surface area contributed by atoms with Crippen LogP contribution in [0, 0.1) is 21.3 Å². The third-order valence-corrected chi connectivity index (χ3v) is 5.78. The molecule has 2 atom stereocenters. The Bertz CT molecular complexity index is 1430. The molecule has 5 N–H and O–H groups in total. The van der Waals surface area contributed by atoms with E-state index in [2.05, 4.69) is 4.98 Å². The van der Waals surface area contributed by atoms with Crippen molar-refractivity contribution in [3.8, 4) is 11.5 Å². The fourth-order valence-electron chi connectivity index (χ4n) is 4.19. The number of benzene rings is 1. The van der Waals surface area contributed by atoms with E-state index in [0.717, 1.165) is 23.2 Å². The van der Waals surface area contributed by atoms with Crippen molar-refractivity contribution in [2.45, 2.75) is 85.6 Å². The largest absolute Gasteiger partial charge is 0.465 e. The number of anilines is 1. The van der Waals surface area contributed by atoms with Gasteiger partial charge < -0.3 is 30.8 Å². The molecule has 2 unspecified atom stereocenters. The van der Waals surface area contributed by atoms with E-state index in [4.69, 9.17) is 25.7 Å². The molecule has 0 aliphatic heterocycles. The quantitative estimate of drug-likeness (QED) is 0.187. The number of ether oxygens (including phenoxy) is 3. The van der Waals surface area contributed by atoms with Crippen LogP contribution < -0.4 is 16.2 Å². The Morgan fingerprint density at radius 3 is 2.09 bits per heavy atom. The summed E-state index contributed by atoms with van der Waals surface area (Å²) in [7, 11) is 0. The number of hydrogen-bond acceptors (Lipinski definition) is 11. The van der Waals surface area contributed by atoms with Crippen molar-refractivity contribution < 1.29 is 43.0 Å². The third-order valence-electron chi connectivity index (χ3n) is 5.78. The number of nitrogen functional groups attached to an aromatic ring is 1. The number of nitrogens with two attached hydrogens (primary N) is 2. The molecular formula is C29H40FN5O9. The van der Waals surface area contributed by atoms with Crippen LogP contribution in [0.2, 0.25) is 0 Å². The number of carbonyl (C=O) groups is 3. The number of carbonyl (C=O) groups excluding carboxylic acids is 2. The van der Waals surface area contributed by atoms with Gasteiger partial charge in [-0.3, -0.25) is 19.8 Å². The van der Waals surface area contributed by atoms with E-state index in [9.17, 15) is 29.6 Å². The van der Waals surface area contributed by atoms with E-state index >= 15 is 4.39 Å². The van der Waals surface area contributed by atoms with Gasteiger partial charge in [-0.15, -0.1) is 0 Å². The Kier molecular flexibility index (Phi) is 10.5. The summed E-state index contributed by atoms with van der Waals surface area (Å²) in [5.41, 5.74) is 7.97. The Morgan fingerprint density at radius 2 is 1.64 bits per heavy atom. The summed E-state index contributed by atoms with van der Waals surface area (Å²) in [5.74, 6) is -3.85. The van der Waals surface area contributed by atoms with Gasteiger partial charge in [0, 0.05) is 6.07 Å². The molecule has 1 heterocycles. The van der Waals surface area contributed by atoms with Crippen LogP contribution in [0.5, 0.6) is 11.5 Å². The van der Waals surface area contributed by atoms with Gasteiger partial charge in [0.05, 0.1) is 41.0 Å². The van der Waals surface area contributed by atoms with Crippen LogP contribution in [0.25, 0.3) is 0 Å². The number of nitrogens with zero attached hydrogens (tertiary/aromatic N) is 3. The van der Waals surface area contributed by atoms with Gasteiger partial charge in [0.25, 0.3) is 5.69 Å². The van der Waals surface area contributed by atoms with E-state index in [1.165, 1.54) is 0 Å². The minimum Gasteiger partial charge on any atom is -0.465 e. The normalized spacial score (nSPS) is 13.4. The molecule has 2 aromatic rings. The zero-order chi connectivity index (χ0) is 33.9. The van der Waals surface area contributed by atoms with Gasteiger partial charge >= 0.3 is 18.0 Å². The predicted molar refractivity (Wildman–Crippen MR) is 158 cm³/mol. The first-order valence-corrected chi connectivity index (χ1v) is 13.5. The van der Waals surface area contributed by atoms with E-state index in [-0.39, 0.29) is 17.0 Å². The van der Waals surface area contributed by atoms with Crippen LogP contribution in [0.1, 0.15) is 84.4 Å². The van der Waals surface area contributed by atoms with Gasteiger partial charge in [0.1, 0.15) is 17.2 Å². The molecule has 0 saturated heterocycles. The molecule has 14 nitrogen and oxygen atoms in total. The van der Waals surface area contributed by atoms with Crippen molar-refractivity contribution in [3.63, 3.8) is 0 Å². The topological polar surface area (TPSA) is 210 Å². The van der Waals surface area contributed by atoms with E-state index in [1.54, 1.807) is 62.3 Å². The lowest BCUT2D eigenvalue weighted by Gasteiger charge is -2.41. The SMILES string of the molecule is CC(C)(C)OC(=O)c1ncc(N)c(Oc2ccc([N+](=O)[O-])cc2F)c1C(N(CC(N)C(=O)OC(C)(C)C)C(=O)O)C(C)(C)C. The lowest BCUT2D eigenvalue weighted by molar-refractivity contribution is -0.385. The second kappa shape index (κ2) is 13.0. The molecule has 2 rings (SSSR count). The molecule has 44 heavy (non-hydrogen) atoms. The molecule has 15 heteroatoms. The average Bonchev–Trinajstić information content (AvgIpc) is 2.83. The zero-order valence-electron chi connectivity index (χ0n) is 26.3. The Morgan fingerprint density at radius 1 is 1.07 bits per heavy atom. The van der Waals surface area contributed by atoms with Gasteiger partial charge in [-0.25, -0.2) is 19.0 Å². The molecule has 1 amide bonds. The van der Waals surface area contributed by atoms with Gasteiger partial charge in [-0.05, 0) is 53.0 Å². The van der Waals surface area contributed by atoms with Crippen LogP contribution in [0.15, 0.2) is 24.4 Å². The standard InChI is InChI=1S/C29H40FN5O9/c1-27(2,3)23(34(26(38)39)14-18(32)24(36)43-28(4,5)6)20-21(25(37)44-29(7,8)9)33-13-17(31)22(20)42-19-11-10-15(35(40)41)12-16(19)30/h10-13,18,23H,14,31-32H2,1-9H3,(H,38,39). The zero-order valence-corrected chi connectivity index (χ0v) is 26.3. The highest BCUT2D eigenvalue weighted by Crippen LogP contribution is 2.47. The molecule has 0 radical (unpaired) electrons. The number of nitro benzene ring substituents is 1. The predicted octanol–water partition coefficient (Wildman–Crippen LogP) is 5.19. The number of amides is 1. The monoisotopic (exact) mass is 621 g/mol. The summed E-state index contributed by atoms with van der Waals surface area (Å²) >= 11 is 0. The first kappa shape index (κ1) is 35.7. The van der Waals surface area contributed by atoms with Crippen molar-refractivity contribution in [1.82, 2.24) is 9.88 Å². The number of non-ortho nitro benzene ring substituents is 1. The fraction of sp³-hybridized carbons (Fsp3) is 0.517. The number of esters is 2. The summed E-state index contributed by atoms with van der Waals surface area (Å²) < 4.78 is 31.7. The Hall–Kier alpha value is -4.53. The molecular weight excluding hydrogens is 581 g/mol. The molecule has 0 saturated carbocycles. The van der Waals surface area contributed by atoms with Gasteiger partial charge in [0.15, 0.2) is 23.0 Å². The molecule has 242 valence electrons. The van der Waals surface area contributed by atoms with Crippen LogP contribution in [0.3, 0.4) is 0 Å². The number of pyridine rings is 1. The molecule has 1 aromatic heterocycles.